The van der Waals surface area contributed by atoms with Crippen LogP contribution in [0.3, 0.4) is 0 Å². The molecule has 6 aromatic carbocycles. The Morgan fingerprint density at radius 3 is 2.10 bits per heavy atom. The summed E-state index contributed by atoms with van der Waals surface area (Å²) < 4.78 is 8.90. The summed E-state index contributed by atoms with van der Waals surface area (Å²) in [6.45, 7) is 0. The second-order valence-corrected chi connectivity index (χ2v) is 11.6. The standard InChI is InChI=1S/C38H22N2OS/c1-3-10-23(11-4-1)25-18-19-26-27-15-9-16-28-29(20-21-31(34(27)28)41-32(26)22-25)38-39-35(24-12-5-2-6-13-24)37-36(40-38)30-14-7-8-17-33(30)42-37/h1-22H. The molecule has 8 aromatic rings. The molecule has 2 aromatic heterocycles. The zero-order chi connectivity index (χ0) is 27.6. The van der Waals surface area contributed by atoms with Crippen LogP contribution in [0.4, 0.5) is 0 Å². The third-order valence-corrected chi connectivity index (χ3v) is 9.28. The third-order valence-electron chi connectivity index (χ3n) is 8.11. The fraction of sp³-hybridized carbons (Fsp3) is 0. The molecule has 196 valence electrons. The summed E-state index contributed by atoms with van der Waals surface area (Å²) in [5.74, 6) is 2.45. The Morgan fingerprint density at radius 1 is 0.500 bits per heavy atom. The molecule has 0 saturated heterocycles. The van der Waals surface area contributed by atoms with Crippen molar-refractivity contribution in [3.8, 4) is 56.4 Å². The minimum absolute atomic E-state index is 0.721. The number of rotatable bonds is 3. The molecule has 0 unspecified atom stereocenters. The lowest BCUT2D eigenvalue weighted by molar-refractivity contribution is 0.487. The minimum atomic E-state index is 0.721. The molecule has 3 heterocycles. The molecule has 0 amide bonds. The summed E-state index contributed by atoms with van der Waals surface area (Å²) in [7, 11) is 0. The van der Waals surface area contributed by atoms with E-state index in [1.807, 2.05) is 12.1 Å². The summed E-state index contributed by atoms with van der Waals surface area (Å²) in [5.41, 5.74) is 8.61. The van der Waals surface area contributed by atoms with E-state index in [-0.39, 0.29) is 0 Å². The molecule has 0 radical (unpaired) electrons. The van der Waals surface area contributed by atoms with E-state index in [2.05, 4.69) is 121 Å². The van der Waals surface area contributed by atoms with Crippen molar-refractivity contribution < 1.29 is 4.74 Å². The van der Waals surface area contributed by atoms with E-state index in [1.165, 1.54) is 10.3 Å². The molecule has 0 saturated carbocycles. The van der Waals surface area contributed by atoms with Gasteiger partial charge in [-0.1, -0.05) is 103 Å². The second kappa shape index (κ2) is 9.10. The SMILES string of the molecule is c1ccc(-c2ccc3c(c2)Oc2ccc(-c4nc(-c5ccccc5)c5sc6ccccc6c5n4)c4cccc-3c24)cc1. The van der Waals surface area contributed by atoms with Crippen molar-refractivity contribution in [3.63, 3.8) is 0 Å². The average Bonchev–Trinajstić information content (AvgIpc) is 3.44. The molecule has 0 spiro atoms. The maximum atomic E-state index is 6.57. The zero-order valence-corrected chi connectivity index (χ0v) is 23.2. The quantitative estimate of drug-likeness (QED) is 0.218. The predicted molar refractivity (Wildman–Crippen MR) is 174 cm³/mol. The Labute approximate surface area is 246 Å². The van der Waals surface area contributed by atoms with Gasteiger partial charge in [0.25, 0.3) is 0 Å². The van der Waals surface area contributed by atoms with E-state index >= 15 is 0 Å². The van der Waals surface area contributed by atoms with Crippen LogP contribution >= 0.6 is 11.3 Å². The first-order valence-corrected chi connectivity index (χ1v) is 14.8. The van der Waals surface area contributed by atoms with Gasteiger partial charge < -0.3 is 4.74 Å². The molecule has 1 aliphatic rings. The number of aromatic nitrogens is 2. The molecule has 3 nitrogen and oxygen atoms in total. The first kappa shape index (κ1) is 23.4. The molecular weight excluding hydrogens is 532 g/mol. The van der Waals surface area contributed by atoms with Gasteiger partial charge >= 0.3 is 0 Å². The maximum Gasteiger partial charge on any atom is 0.161 e. The van der Waals surface area contributed by atoms with Gasteiger partial charge in [0.2, 0.25) is 0 Å². The highest BCUT2D eigenvalue weighted by Crippen LogP contribution is 2.49. The number of ether oxygens (including phenoxy) is 1. The number of benzene rings is 6. The van der Waals surface area contributed by atoms with E-state index in [1.54, 1.807) is 11.3 Å². The van der Waals surface area contributed by atoms with Gasteiger partial charge in [0, 0.05) is 32.2 Å². The number of thiophene rings is 1. The fourth-order valence-electron chi connectivity index (χ4n) is 6.14. The molecular formula is C38H22N2OS. The van der Waals surface area contributed by atoms with Crippen LogP contribution in [-0.4, -0.2) is 9.97 Å². The molecule has 1 aliphatic heterocycles. The Hall–Kier alpha value is -5.32. The summed E-state index contributed by atoms with van der Waals surface area (Å²) in [6.07, 6.45) is 0. The van der Waals surface area contributed by atoms with Gasteiger partial charge in [-0.3, -0.25) is 0 Å². The number of hydrogen-bond donors (Lipinski definition) is 0. The van der Waals surface area contributed by atoms with Crippen molar-refractivity contribution in [2.24, 2.45) is 0 Å². The van der Waals surface area contributed by atoms with E-state index in [0.717, 1.165) is 77.2 Å². The lowest BCUT2D eigenvalue weighted by atomic mass is 9.91. The van der Waals surface area contributed by atoms with Gasteiger partial charge in [-0.2, -0.15) is 0 Å². The van der Waals surface area contributed by atoms with Gasteiger partial charge in [0.15, 0.2) is 5.82 Å². The molecule has 0 bridgehead atoms. The summed E-state index contributed by atoms with van der Waals surface area (Å²) in [5, 5.41) is 3.34. The Kier molecular flexibility index (Phi) is 5.07. The lowest BCUT2D eigenvalue weighted by Gasteiger charge is -2.23. The number of hydrogen-bond acceptors (Lipinski definition) is 4. The number of fused-ring (bicyclic) bond motifs is 5. The summed E-state index contributed by atoms with van der Waals surface area (Å²) >= 11 is 1.76. The highest BCUT2D eigenvalue weighted by molar-refractivity contribution is 7.26. The molecule has 9 rings (SSSR count). The van der Waals surface area contributed by atoms with Crippen LogP contribution in [0.1, 0.15) is 0 Å². The van der Waals surface area contributed by atoms with Crippen molar-refractivity contribution in [1.29, 1.82) is 0 Å². The normalized spacial score (nSPS) is 12.0. The molecule has 42 heavy (non-hydrogen) atoms. The summed E-state index contributed by atoms with van der Waals surface area (Å²) in [6, 6.07) is 46.5. The van der Waals surface area contributed by atoms with Gasteiger partial charge in [-0.05, 0) is 52.4 Å². The second-order valence-electron chi connectivity index (χ2n) is 10.6. The highest BCUT2D eigenvalue weighted by Gasteiger charge is 2.24. The first-order chi connectivity index (χ1) is 20.8. The molecule has 0 fully saturated rings. The zero-order valence-electron chi connectivity index (χ0n) is 22.4. The Morgan fingerprint density at radius 2 is 1.24 bits per heavy atom. The summed E-state index contributed by atoms with van der Waals surface area (Å²) in [4.78, 5) is 10.5. The van der Waals surface area contributed by atoms with Crippen molar-refractivity contribution >= 4 is 42.4 Å². The van der Waals surface area contributed by atoms with E-state index in [4.69, 9.17) is 14.7 Å². The average molecular weight is 555 g/mol. The monoisotopic (exact) mass is 554 g/mol. The van der Waals surface area contributed by atoms with Crippen LogP contribution in [0.2, 0.25) is 0 Å². The van der Waals surface area contributed by atoms with Crippen molar-refractivity contribution in [2.45, 2.75) is 0 Å². The van der Waals surface area contributed by atoms with Gasteiger partial charge in [-0.25, -0.2) is 9.97 Å². The number of nitrogens with zero attached hydrogens (tertiary/aromatic N) is 2. The van der Waals surface area contributed by atoms with Gasteiger partial charge in [0.05, 0.1) is 15.9 Å². The van der Waals surface area contributed by atoms with Crippen LogP contribution in [0.15, 0.2) is 133 Å². The Bertz CT molecular complexity index is 2320. The molecule has 0 aliphatic carbocycles. The van der Waals surface area contributed by atoms with Crippen LogP contribution in [-0.2, 0) is 0 Å². The van der Waals surface area contributed by atoms with Gasteiger partial charge in [0.1, 0.15) is 11.5 Å². The van der Waals surface area contributed by atoms with Crippen LogP contribution in [0.25, 0.3) is 76.0 Å². The van der Waals surface area contributed by atoms with Crippen molar-refractivity contribution in [3.05, 3.63) is 133 Å². The van der Waals surface area contributed by atoms with Crippen LogP contribution < -0.4 is 4.74 Å². The fourth-order valence-corrected chi connectivity index (χ4v) is 7.29. The third kappa shape index (κ3) is 3.52. The Balaban J connectivity index is 1.27. The first-order valence-electron chi connectivity index (χ1n) is 14.0. The van der Waals surface area contributed by atoms with Crippen molar-refractivity contribution in [1.82, 2.24) is 9.97 Å². The van der Waals surface area contributed by atoms with E-state index < -0.39 is 0 Å². The van der Waals surface area contributed by atoms with E-state index in [0.29, 0.717) is 0 Å². The predicted octanol–water partition coefficient (Wildman–Crippen LogP) is 10.8. The van der Waals surface area contributed by atoms with Crippen LogP contribution in [0.5, 0.6) is 11.5 Å². The van der Waals surface area contributed by atoms with Crippen LogP contribution in [0, 0.1) is 0 Å². The minimum Gasteiger partial charge on any atom is -0.456 e. The topological polar surface area (TPSA) is 35.0 Å². The maximum absolute atomic E-state index is 6.57. The lowest BCUT2D eigenvalue weighted by Crippen LogP contribution is -2.00. The van der Waals surface area contributed by atoms with Crippen molar-refractivity contribution in [2.75, 3.05) is 0 Å². The van der Waals surface area contributed by atoms with Gasteiger partial charge in [-0.15, -0.1) is 11.3 Å². The molecule has 0 atom stereocenters. The van der Waals surface area contributed by atoms with E-state index in [9.17, 15) is 0 Å². The molecule has 0 N–H and O–H groups in total. The molecule has 4 heteroatoms. The highest BCUT2D eigenvalue weighted by atomic mass is 32.1. The smallest absolute Gasteiger partial charge is 0.161 e. The largest absolute Gasteiger partial charge is 0.456 e.